The molecule has 2 aromatic heterocycles. The van der Waals surface area contributed by atoms with Gasteiger partial charge < -0.3 is 14.8 Å². The van der Waals surface area contributed by atoms with E-state index in [0.717, 1.165) is 16.0 Å². The second kappa shape index (κ2) is 9.55. The Morgan fingerprint density at radius 2 is 1.88 bits per heavy atom. The summed E-state index contributed by atoms with van der Waals surface area (Å²) in [6.45, 7) is 1.84. The lowest BCUT2D eigenvalue weighted by atomic mass is 10.2. The summed E-state index contributed by atoms with van der Waals surface area (Å²) >= 11 is 4.50. The number of hydrogen-bond donors (Lipinski definition) is 1. The molecule has 0 aliphatic heterocycles. The Hall–Kier alpha value is -3.50. The normalized spacial score (nSPS) is 10.8. The number of carbonyl (C=O) groups excluding carboxylic acids is 2. The van der Waals surface area contributed by atoms with Crippen LogP contribution in [0.15, 0.2) is 63.2 Å². The van der Waals surface area contributed by atoms with Crippen LogP contribution >= 0.6 is 27.3 Å². The van der Waals surface area contributed by atoms with Gasteiger partial charge in [-0.3, -0.25) is 9.59 Å². The Kier molecular flexibility index (Phi) is 6.57. The van der Waals surface area contributed by atoms with Gasteiger partial charge in [0.1, 0.15) is 10.8 Å². The first-order valence-corrected chi connectivity index (χ1v) is 11.5. The van der Waals surface area contributed by atoms with Gasteiger partial charge in [0.05, 0.1) is 30.4 Å². The molecule has 0 aliphatic rings. The number of rotatable bonds is 6. The van der Waals surface area contributed by atoms with Crippen LogP contribution in [0.4, 0.5) is 5.00 Å². The average Bonchev–Trinajstić information content (AvgIpc) is 3.24. The van der Waals surface area contributed by atoms with E-state index in [9.17, 15) is 14.4 Å². The molecule has 0 saturated heterocycles. The number of ether oxygens (including phenoxy) is 2. The molecule has 1 amide bonds. The lowest BCUT2D eigenvalue weighted by molar-refractivity contribution is 0.0520. The maximum Gasteiger partial charge on any atom is 0.359 e. The van der Waals surface area contributed by atoms with Crippen molar-refractivity contribution in [3.63, 3.8) is 0 Å². The second-order valence-corrected chi connectivity index (χ2v) is 8.51. The first-order valence-electron chi connectivity index (χ1n) is 9.86. The number of benzene rings is 2. The fourth-order valence-corrected chi connectivity index (χ4v) is 4.60. The number of esters is 1. The first kappa shape index (κ1) is 22.7. The first-order chi connectivity index (χ1) is 15.9. The molecule has 2 heterocycles. The van der Waals surface area contributed by atoms with Gasteiger partial charge in [-0.15, -0.1) is 11.3 Å². The van der Waals surface area contributed by atoms with Crippen LogP contribution in [0.2, 0.25) is 0 Å². The zero-order chi connectivity index (χ0) is 23.5. The van der Waals surface area contributed by atoms with E-state index >= 15 is 0 Å². The number of hydrogen-bond acceptors (Lipinski definition) is 7. The van der Waals surface area contributed by atoms with Gasteiger partial charge in [-0.05, 0) is 59.3 Å². The third-order valence-electron chi connectivity index (χ3n) is 4.78. The van der Waals surface area contributed by atoms with Gasteiger partial charge in [-0.1, -0.05) is 12.1 Å². The van der Waals surface area contributed by atoms with Crippen LogP contribution in [0, 0.1) is 0 Å². The summed E-state index contributed by atoms with van der Waals surface area (Å²) in [5, 5.41) is 9.50. The van der Waals surface area contributed by atoms with E-state index in [2.05, 4.69) is 26.3 Å². The molecule has 33 heavy (non-hydrogen) atoms. The number of nitrogens with one attached hydrogen (secondary N) is 1. The van der Waals surface area contributed by atoms with E-state index < -0.39 is 17.4 Å². The lowest BCUT2D eigenvalue weighted by Gasteiger charge is -2.10. The molecule has 4 aromatic rings. The number of anilines is 1. The van der Waals surface area contributed by atoms with Crippen molar-refractivity contribution < 1.29 is 19.1 Å². The Labute approximate surface area is 200 Å². The van der Waals surface area contributed by atoms with Gasteiger partial charge in [0.2, 0.25) is 0 Å². The highest BCUT2D eigenvalue weighted by molar-refractivity contribution is 9.10. The summed E-state index contributed by atoms with van der Waals surface area (Å²) < 4.78 is 12.1. The van der Waals surface area contributed by atoms with Crippen LogP contribution in [0.3, 0.4) is 0 Å². The van der Waals surface area contributed by atoms with Crippen LogP contribution < -0.4 is 15.6 Å². The molecule has 0 unspecified atom stereocenters. The molecule has 168 valence electrons. The van der Waals surface area contributed by atoms with E-state index in [0.29, 0.717) is 31.9 Å². The minimum atomic E-state index is -0.661. The molecule has 8 nitrogen and oxygen atoms in total. The number of fused-ring (bicyclic) bond motifs is 1. The van der Waals surface area contributed by atoms with Gasteiger partial charge in [0.25, 0.3) is 11.5 Å². The number of halogens is 1. The topological polar surface area (TPSA) is 99.5 Å². The molecular formula is C23H18BrN3O5S. The Morgan fingerprint density at radius 3 is 2.55 bits per heavy atom. The van der Waals surface area contributed by atoms with Crippen LogP contribution in [-0.2, 0) is 4.74 Å². The summed E-state index contributed by atoms with van der Waals surface area (Å²) in [6, 6.07) is 13.6. The molecule has 2 aromatic carbocycles. The molecule has 0 saturated carbocycles. The van der Waals surface area contributed by atoms with Crippen LogP contribution in [0.25, 0.3) is 16.5 Å². The minimum absolute atomic E-state index is 0.0140. The molecule has 0 radical (unpaired) electrons. The fraction of sp³-hybridized carbons (Fsp3) is 0.130. The summed E-state index contributed by atoms with van der Waals surface area (Å²) in [5.74, 6) is -0.447. The maximum atomic E-state index is 13.4. The van der Waals surface area contributed by atoms with Gasteiger partial charge >= 0.3 is 5.97 Å². The third-order valence-corrected chi connectivity index (χ3v) is 6.37. The molecule has 10 heteroatoms. The Bertz CT molecular complexity index is 1410. The minimum Gasteiger partial charge on any atom is -0.497 e. The van der Waals surface area contributed by atoms with Crippen molar-refractivity contribution in [1.82, 2.24) is 9.78 Å². The maximum absolute atomic E-state index is 13.4. The van der Waals surface area contributed by atoms with Crippen molar-refractivity contribution in [3.05, 3.63) is 80.0 Å². The quantitative estimate of drug-likeness (QED) is 0.366. The van der Waals surface area contributed by atoms with E-state index in [1.807, 2.05) is 0 Å². The molecule has 0 spiro atoms. The zero-order valence-corrected chi connectivity index (χ0v) is 20.0. The van der Waals surface area contributed by atoms with Crippen molar-refractivity contribution in [3.8, 4) is 11.4 Å². The SMILES string of the molecule is CCOC(=O)c1nn(-c2ccc(OC)cc2)c(=O)c2c(NC(=O)c3ccccc3Br)scc12. The van der Waals surface area contributed by atoms with Gasteiger partial charge in [0.15, 0.2) is 5.69 Å². The van der Waals surface area contributed by atoms with Crippen molar-refractivity contribution >= 4 is 54.9 Å². The third kappa shape index (κ3) is 4.39. The van der Waals surface area contributed by atoms with E-state index in [-0.39, 0.29) is 17.7 Å². The number of amides is 1. The lowest BCUT2D eigenvalue weighted by Crippen LogP contribution is -2.25. The molecule has 0 atom stereocenters. The monoisotopic (exact) mass is 527 g/mol. The summed E-state index contributed by atoms with van der Waals surface area (Å²) in [7, 11) is 1.54. The summed E-state index contributed by atoms with van der Waals surface area (Å²) in [5.41, 5.74) is 0.350. The van der Waals surface area contributed by atoms with Crippen LogP contribution in [0.5, 0.6) is 5.75 Å². The van der Waals surface area contributed by atoms with Crippen LogP contribution in [-0.4, -0.2) is 35.4 Å². The predicted octanol–water partition coefficient (Wildman–Crippen LogP) is 4.65. The molecule has 4 rings (SSSR count). The van der Waals surface area contributed by atoms with E-state index in [1.54, 1.807) is 60.8 Å². The van der Waals surface area contributed by atoms with Gasteiger partial charge in [-0.25, -0.2) is 4.79 Å². The highest BCUT2D eigenvalue weighted by atomic mass is 79.9. The average molecular weight is 528 g/mol. The number of thiophene rings is 1. The molecular weight excluding hydrogens is 510 g/mol. The molecule has 0 bridgehead atoms. The highest BCUT2D eigenvalue weighted by Crippen LogP contribution is 2.31. The van der Waals surface area contributed by atoms with Crippen molar-refractivity contribution in [2.75, 3.05) is 19.0 Å². The van der Waals surface area contributed by atoms with Gasteiger partial charge in [0, 0.05) is 15.2 Å². The number of nitrogens with zero attached hydrogens (tertiary/aromatic N) is 2. The van der Waals surface area contributed by atoms with Crippen molar-refractivity contribution in [1.29, 1.82) is 0 Å². The smallest absolute Gasteiger partial charge is 0.359 e. The highest BCUT2D eigenvalue weighted by Gasteiger charge is 2.23. The number of methoxy groups -OCH3 is 1. The second-order valence-electron chi connectivity index (χ2n) is 6.77. The summed E-state index contributed by atoms with van der Waals surface area (Å²) in [4.78, 5) is 39.0. The predicted molar refractivity (Wildman–Crippen MR) is 130 cm³/mol. The Morgan fingerprint density at radius 1 is 1.15 bits per heavy atom. The van der Waals surface area contributed by atoms with Crippen molar-refractivity contribution in [2.24, 2.45) is 0 Å². The Balaban J connectivity index is 1.88. The molecule has 1 N–H and O–H groups in total. The van der Waals surface area contributed by atoms with Gasteiger partial charge in [-0.2, -0.15) is 9.78 Å². The largest absolute Gasteiger partial charge is 0.497 e. The number of aromatic nitrogens is 2. The van der Waals surface area contributed by atoms with E-state index in [1.165, 1.54) is 7.11 Å². The zero-order valence-electron chi connectivity index (χ0n) is 17.6. The van der Waals surface area contributed by atoms with Crippen LogP contribution in [0.1, 0.15) is 27.8 Å². The molecule has 0 aliphatic carbocycles. The molecule has 0 fully saturated rings. The number of carbonyl (C=O) groups is 2. The van der Waals surface area contributed by atoms with E-state index in [4.69, 9.17) is 9.47 Å². The standard InChI is InChI=1S/C23H18BrN3O5S/c1-3-32-23(30)19-16-12-33-21(25-20(28)15-6-4-5-7-17(15)24)18(16)22(29)27(26-19)13-8-10-14(31-2)11-9-13/h4-12H,3H2,1-2H3,(H,25,28). The summed E-state index contributed by atoms with van der Waals surface area (Å²) in [6.07, 6.45) is 0. The van der Waals surface area contributed by atoms with Crippen molar-refractivity contribution in [2.45, 2.75) is 6.92 Å². The fourth-order valence-electron chi connectivity index (χ4n) is 3.21.